The van der Waals surface area contributed by atoms with Gasteiger partial charge in [-0.25, -0.2) is 0 Å². The quantitative estimate of drug-likeness (QED) is 0.772. The molecule has 0 spiro atoms. The second kappa shape index (κ2) is 4.30. The van der Waals surface area contributed by atoms with Gasteiger partial charge in [-0.05, 0) is 36.6 Å². The van der Waals surface area contributed by atoms with E-state index in [1.807, 2.05) is 0 Å². The van der Waals surface area contributed by atoms with E-state index >= 15 is 0 Å². The second-order valence-corrected chi connectivity index (χ2v) is 7.44. The molecule has 1 N–H and O–H groups in total. The minimum absolute atomic E-state index is 0.420. The van der Waals surface area contributed by atoms with Gasteiger partial charge in [-0.2, -0.15) is 0 Å². The van der Waals surface area contributed by atoms with Crippen molar-refractivity contribution in [1.82, 2.24) is 10.2 Å². The van der Waals surface area contributed by atoms with Crippen LogP contribution in [0, 0.1) is 10.8 Å². The third-order valence-corrected chi connectivity index (χ3v) is 3.85. The molecule has 0 amide bonds. The Balaban J connectivity index is 1.74. The van der Waals surface area contributed by atoms with Crippen LogP contribution in [-0.4, -0.2) is 37.1 Å². The van der Waals surface area contributed by atoms with Gasteiger partial charge in [0, 0.05) is 25.7 Å². The minimum atomic E-state index is 0.420. The predicted octanol–water partition coefficient (Wildman–Crippen LogP) is 2.50. The Morgan fingerprint density at radius 2 is 2.00 bits per heavy atom. The van der Waals surface area contributed by atoms with E-state index in [1.165, 1.54) is 45.4 Å². The van der Waals surface area contributed by atoms with Gasteiger partial charge in [0.05, 0.1) is 0 Å². The molecule has 1 saturated carbocycles. The molecule has 0 aromatic rings. The molecule has 2 fully saturated rings. The Morgan fingerprint density at radius 3 is 2.50 bits per heavy atom. The van der Waals surface area contributed by atoms with Crippen LogP contribution in [0.3, 0.4) is 0 Å². The summed E-state index contributed by atoms with van der Waals surface area (Å²) in [5, 5.41) is 3.66. The molecule has 2 rings (SSSR count). The van der Waals surface area contributed by atoms with Crippen LogP contribution in [0.4, 0.5) is 0 Å². The lowest BCUT2D eigenvalue weighted by atomic mass is 9.91. The van der Waals surface area contributed by atoms with E-state index in [9.17, 15) is 0 Å². The number of nitrogens with one attached hydrogen (secondary N) is 1. The maximum Gasteiger partial charge on any atom is 0.00684 e. The summed E-state index contributed by atoms with van der Waals surface area (Å²) in [4.78, 5) is 2.65. The summed E-state index contributed by atoms with van der Waals surface area (Å²) >= 11 is 0. The molecule has 0 unspecified atom stereocenters. The lowest BCUT2D eigenvalue weighted by Crippen LogP contribution is -2.40. The molecule has 1 aliphatic carbocycles. The molecule has 0 aromatic carbocycles. The zero-order valence-electron chi connectivity index (χ0n) is 11.5. The van der Waals surface area contributed by atoms with Crippen LogP contribution in [0.5, 0.6) is 0 Å². The largest absolute Gasteiger partial charge is 0.313 e. The molecule has 0 aromatic heterocycles. The van der Waals surface area contributed by atoms with E-state index in [1.54, 1.807) is 0 Å². The Bertz CT molecular complexity index is 241. The molecule has 1 saturated heterocycles. The van der Waals surface area contributed by atoms with Gasteiger partial charge in [0.2, 0.25) is 0 Å². The normalized spacial score (nSPS) is 26.2. The summed E-state index contributed by atoms with van der Waals surface area (Å²) in [6, 6.07) is 0.842. The van der Waals surface area contributed by atoms with Gasteiger partial charge in [0.15, 0.2) is 0 Å². The van der Waals surface area contributed by atoms with Crippen LogP contribution in [0.2, 0.25) is 0 Å². The maximum absolute atomic E-state index is 3.66. The average Bonchev–Trinajstić information content (AvgIpc) is 2.89. The van der Waals surface area contributed by atoms with E-state index in [2.05, 4.69) is 37.9 Å². The fraction of sp³-hybridized carbons (Fsp3) is 1.00. The second-order valence-electron chi connectivity index (χ2n) is 7.44. The molecule has 16 heavy (non-hydrogen) atoms. The van der Waals surface area contributed by atoms with E-state index in [4.69, 9.17) is 0 Å². The summed E-state index contributed by atoms with van der Waals surface area (Å²) in [7, 11) is 0. The first-order valence-electron chi connectivity index (χ1n) is 6.82. The first-order chi connectivity index (χ1) is 7.36. The van der Waals surface area contributed by atoms with Crippen LogP contribution in [-0.2, 0) is 0 Å². The van der Waals surface area contributed by atoms with Crippen molar-refractivity contribution in [3.05, 3.63) is 0 Å². The number of rotatable bonds is 5. The third-order valence-electron chi connectivity index (χ3n) is 3.85. The number of hydrogen-bond donors (Lipinski definition) is 1. The lowest BCUT2D eigenvalue weighted by molar-refractivity contribution is 0.189. The highest BCUT2D eigenvalue weighted by Gasteiger charge is 2.33. The SMILES string of the molecule is CC1(C)CCN(CC(C)(C)CNC2CC2)C1. The molecule has 0 radical (unpaired) electrons. The van der Waals surface area contributed by atoms with Crippen LogP contribution < -0.4 is 5.32 Å². The van der Waals surface area contributed by atoms with Crippen molar-refractivity contribution in [2.45, 2.75) is 53.0 Å². The Hall–Kier alpha value is -0.0800. The summed E-state index contributed by atoms with van der Waals surface area (Å²) in [5.74, 6) is 0. The fourth-order valence-electron chi connectivity index (χ4n) is 2.73. The molecule has 2 heteroatoms. The first-order valence-corrected chi connectivity index (χ1v) is 6.82. The molecule has 2 aliphatic rings. The van der Waals surface area contributed by atoms with Gasteiger partial charge in [-0.15, -0.1) is 0 Å². The monoisotopic (exact) mass is 224 g/mol. The standard InChI is InChI=1S/C14H28N2/c1-13(2)7-8-16(10-13)11-14(3,4)9-15-12-5-6-12/h12,15H,5-11H2,1-4H3. The highest BCUT2D eigenvalue weighted by atomic mass is 15.2. The van der Waals surface area contributed by atoms with Gasteiger partial charge in [0.1, 0.15) is 0 Å². The van der Waals surface area contributed by atoms with Crippen molar-refractivity contribution >= 4 is 0 Å². The molecular weight excluding hydrogens is 196 g/mol. The van der Waals surface area contributed by atoms with E-state index < -0.39 is 0 Å². The average molecular weight is 224 g/mol. The van der Waals surface area contributed by atoms with Gasteiger partial charge in [0.25, 0.3) is 0 Å². The van der Waals surface area contributed by atoms with Gasteiger partial charge >= 0.3 is 0 Å². The van der Waals surface area contributed by atoms with Crippen molar-refractivity contribution in [2.75, 3.05) is 26.2 Å². The van der Waals surface area contributed by atoms with Crippen molar-refractivity contribution in [3.8, 4) is 0 Å². The highest BCUT2D eigenvalue weighted by molar-refractivity contribution is 4.88. The lowest BCUT2D eigenvalue weighted by Gasteiger charge is -2.31. The zero-order valence-corrected chi connectivity index (χ0v) is 11.5. The predicted molar refractivity (Wildman–Crippen MR) is 69.6 cm³/mol. The van der Waals surface area contributed by atoms with Crippen LogP contribution in [0.1, 0.15) is 47.0 Å². The summed E-state index contributed by atoms with van der Waals surface area (Å²) in [5.41, 5.74) is 0.961. The summed E-state index contributed by atoms with van der Waals surface area (Å²) in [6.07, 6.45) is 4.15. The zero-order chi connectivity index (χ0) is 11.8. The van der Waals surface area contributed by atoms with E-state index in [-0.39, 0.29) is 0 Å². The van der Waals surface area contributed by atoms with Crippen molar-refractivity contribution in [2.24, 2.45) is 10.8 Å². The molecular formula is C14H28N2. The molecule has 1 heterocycles. The number of hydrogen-bond acceptors (Lipinski definition) is 2. The van der Waals surface area contributed by atoms with Crippen LogP contribution in [0.25, 0.3) is 0 Å². The van der Waals surface area contributed by atoms with Gasteiger partial charge < -0.3 is 10.2 Å². The van der Waals surface area contributed by atoms with E-state index in [0.29, 0.717) is 10.8 Å². The molecule has 94 valence electrons. The Morgan fingerprint density at radius 1 is 1.31 bits per heavy atom. The first kappa shape index (κ1) is 12.4. The van der Waals surface area contributed by atoms with E-state index in [0.717, 1.165) is 6.04 Å². The van der Waals surface area contributed by atoms with Gasteiger partial charge in [-0.3, -0.25) is 0 Å². The Kier molecular flexibility index (Phi) is 3.33. The number of likely N-dealkylation sites (tertiary alicyclic amines) is 1. The molecule has 0 atom stereocenters. The molecule has 1 aliphatic heterocycles. The van der Waals surface area contributed by atoms with Crippen LogP contribution >= 0.6 is 0 Å². The maximum atomic E-state index is 3.66. The van der Waals surface area contributed by atoms with Crippen molar-refractivity contribution in [1.29, 1.82) is 0 Å². The molecule has 2 nitrogen and oxygen atoms in total. The van der Waals surface area contributed by atoms with Crippen molar-refractivity contribution < 1.29 is 0 Å². The number of nitrogens with zero attached hydrogens (tertiary/aromatic N) is 1. The van der Waals surface area contributed by atoms with Crippen LogP contribution in [0.15, 0.2) is 0 Å². The Labute approximate surface area is 101 Å². The highest BCUT2D eigenvalue weighted by Crippen LogP contribution is 2.31. The van der Waals surface area contributed by atoms with Crippen molar-refractivity contribution in [3.63, 3.8) is 0 Å². The smallest absolute Gasteiger partial charge is 0.00684 e. The van der Waals surface area contributed by atoms with Gasteiger partial charge in [-0.1, -0.05) is 27.7 Å². The third kappa shape index (κ3) is 3.74. The summed E-state index contributed by atoms with van der Waals surface area (Å²) in [6.45, 7) is 14.6. The molecule has 0 bridgehead atoms. The summed E-state index contributed by atoms with van der Waals surface area (Å²) < 4.78 is 0. The fourth-order valence-corrected chi connectivity index (χ4v) is 2.73. The minimum Gasteiger partial charge on any atom is -0.313 e. The topological polar surface area (TPSA) is 15.3 Å².